The molecule has 4 heteroatoms. The number of ether oxygens (including phenoxy) is 1. The number of rotatable bonds is 8. The van der Waals surface area contributed by atoms with E-state index in [2.05, 4.69) is 22.8 Å². The van der Waals surface area contributed by atoms with Crippen molar-refractivity contribution in [1.29, 1.82) is 0 Å². The fraction of sp³-hybridized carbons (Fsp3) is 0.750. The van der Waals surface area contributed by atoms with Crippen molar-refractivity contribution >= 4 is 5.91 Å². The second kappa shape index (κ2) is 8.30. The van der Waals surface area contributed by atoms with Crippen LogP contribution in [0.15, 0.2) is 12.2 Å². The van der Waals surface area contributed by atoms with Gasteiger partial charge in [0.1, 0.15) is 0 Å². The molecule has 0 heterocycles. The first-order chi connectivity index (χ1) is 7.83. The minimum absolute atomic E-state index is 0.157. The molecule has 0 aromatic rings. The summed E-state index contributed by atoms with van der Waals surface area (Å²) in [4.78, 5) is 11.5. The summed E-state index contributed by atoms with van der Waals surface area (Å²) >= 11 is 0. The number of carbonyl (C=O) groups is 1. The lowest BCUT2D eigenvalue weighted by atomic mass is 10.1. The second-order valence-electron chi connectivity index (χ2n) is 4.06. The second-order valence-corrected chi connectivity index (χ2v) is 4.06. The Morgan fingerprint density at radius 1 is 1.44 bits per heavy atom. The zero-order valence-electron chi connectivity index (χ0n) is 10.00. The van der Waals surface area contributed by atoms with Crippen molar-refractivity contribution in [3.63, 3.8) is 0 Å². The van der Waals surface area contributed by atoms with Gasteiger partial charge < -0.3 is 15.4 Å². The van der Waals surface area contributed by atoms with E-state index >= 15 is 0 Å². The summed E-state index contributed by atoms with van der Waals surface area (Å²) in [5.41, 5.74) is 0. The topological polar surface area (TPSA) is 50.4 Å². The molecule has 1 unspecified atom stereocenters. The largest absolute Gasteiger partial charge is 0.383 e. The van der Waals surface area contributed by atoms with Gasteiger partial charge in [-0.05, 0) is 18.8 Å². The Balaban J connectivity index is 1.91. The SMILES string of the molecule is COCCNCCNC(=O)CC1C=CCC1. The molecular weight excluding hydrogens is 204 g/mol. The number of amides is 1. The highest BCUT2D eigenvalue weighted by Gasteiger charge is 2.13. The molecular formula is C12H22N2O2. The summed E-state index contributed by atoms with van der Waals surface area (Å²) in [5.74, 6) is 0.617. The molecule has 0 bridgehead atoms. The molecule has 2 N–H and O–H groups in total. The van der Waals surface area contributed by atoms with Crippen LogP contribution in [-0.2, 0) is 9.53 Å². The van der Waals surface area contributed by atoms with E-state index in [1.54, 1.807) is 7.11 Å². The molecule has 1 amide bonds. The van der Waals surface area contributed by atoms with Gasteiger partial charge in [-0.15, -0.1) is 0 Å². The van der Waals surface area contributed by atoms with Crippen LogP contribution in [0.1, 0.15) is 19.3 Å². The van der Waals surface area contributed by atoms with Crippen molar-refractivity contribution in [3.8, 4) is 0 Å². The third-order valence-corrected chi connectivity index (χ3v) is 2.67. The molecule has 4 nitrogen and oxygen atoms in total. The van der Waals surface area contributed by atoms with Gasteiger partial charge in [0.05, 0.1) is 6.61 Å². The summed E-state index contributed by atoms with van der Waals surface area (Å²) in [6.07, 6.45) is 7.19. The van der Waals surface area contributed by atoms with Gasteiger partial charge >= 0.3 is 0 Å². The van der Waals surface area contributed by atoms with Crippen LogP contribution >= 0.6 is 0 Å². The Morgan fingerprint density at radius 2 is 2.31 bits per heavy atom. The van der Waals surface area contributed by atoms with Gasteiger partial charge in [0.15, 0.2) is 0 Å². The highest BCUT2D eigenvalue weighted by molar-refractivity contribution is 5.76. The first kappa shape index (κ1) is 13.2. The van der Waals surface area contributed by atoms with E-state index in [1.165, 1.54) is 0 Å². The van der Waals surface area contributed by atoms with E-state index in [0.29, 0.717) is 25.5 Å². The van der Waals surface area contributed by atoms with Crippen LogP contribution in [-0.4, -0.2) is 39.3 Å². The Kier molecular flexibility index (Phi) is 6.85. The molecule has 0 saturated heterocycles. The third kappa shape index (κ3) is 5.88. The van der Waals surface area contributed by atoms with Crippen LogP contribution in [0, 0.1) is 5.92 Å². The monoisotopic (exact) mass is 226 g/mol. The summed E-state index contributed by atoms with van der Waals surface area (Å²) in [5, 5.41) is 6.09. The fourth-order valence-corrected chi connectivity index (χ4v) is 1.77. The predicted molar refractivity (Wildman–Crippen MR) is 64.2 cm³/mol. The zero-order valence-corrected chi connectivity index (χ0v) is 10.00. The summed E-state index contributed by atoms with van der Waals surface area (Å²) in [6.45, 7) is 3.03. The number of nitrogens with one attached hydrogen (secondary N) is 2. The van der Waals surface area contributed by atoms with E-state index < -0.39 is 0 Å². The van der Waals surface area contributed by atoms with Crippen molar-refractivity contribution in [2.24, 2.45) is 5.92 Å². The minimum Gasteiger partial charge on any atom is -0.383 e. The summed E-state index contributed by atoms with van der Waals surface area (Å²) < 4.78 is 4.90. The van der Waals surface area contributed by atoms with Crippen LogP contribution in [0.4, 0.5) is 0 Å². The molecule has 1 atom stereocenters. The standard InChI is InChI=1S/C12H22N2O2/c1-16-9-8-13-6-7-14-12(15)10-11-4-2-3-5-11/h2,4,11,13H,3,5-10H2,1H3,(H,14,15). The van der Waals surface area contributed by atoms with Crippen molar-refractivity contribution in [1.82, 2.24) is 10.6 Å². The number of methoxy groups -OCH3 is 1. The third-order valence-electron chi connectivity index (χ3n) is 2.67. The highest BCUT2D eigenvalue weighted by Crippen LogP contribution is 2.19. The molecule has 16 heavy (non-hydrogen) atoms. The maximum Gasteiger partial charge on any atom is 0.220 e. The maximum absolute atomic E-state index is 11.5. The lowest BCUT2D eigenvalue weighted by Crippen LogP contribution is -2.33. The molecule has 1 aliphatic carbocycles. The van der Waals surface area contributed by atoms with Gasteiger partial charge in [-0.2, -0.15) is 0 Å². The molecule has 0 saturated carbocycles. The Labute approximate surface area is 97.4 Å². The molecule has 0 aromatic carbocycles. The number of hydrogen-bond donors (Lipinski definition) is 2. The number of allylic oxidation sites excluding steroid dienone is 2. The molecule has 0 aliphatic heterocycles. The lowest BCUT2D eigenvalue weighted by Gasteiger charge is -2.09. The van der Waals surface area contributed by atoms with Crippen molar-refractivity contribution in [2.45, 2.75) is 19.3 Å². The smallest absolute Gasteiger partial charge is 0.220 e. The maximum atomic E-state index is 11.5. The molecule has 92 valence electrons. The van der Waals surface area contributed by atoms with Crippen LogP contribution in [0.5, 0.6) is 0 Å². The molecule has 0 spiro atoms. The van der Waals surface area contributed by atoms with Gasteiger partial charge in [-0.3, -0.25) is 4.79 Å². The highest BCUT2D eigenvalue weighted by atomic mass is 16.5. The minimum atomic E-state index is 0.157. The predicted octanol–water partition coefficient (Wildman–Crippen LogP) is 0.695. The van der Waals surface area contributed by atoms with Crippen LogP contribution in [0.25, 0.3) is 0 Å². The van der Waals surface area contributed by atoms with E-state index in [9.17, 15) is 4.79 Å². The van der Waals surface area contributed by atoms with Gasteiger partial charge in [0.25, 0.3) is 0 Å². The Hall–Kier alpha value is -0.870. The average molecular weight is 226 g/mol. The van der Waals surface area contributed by atoms with Crippen LogP contribution in [0.2, 0.25) is 0 Å². The average Bonchev–Trinajstić information content (AvgIpc) is 2.76. The van der Waals surface area contributed by atoms with Gasteiger partial charge in [0.2, 0.25) is 5.91 Å². The first-order valence-corrected chi connectivity index (χ1v) is 5.96. The molecule has 1 rings (SSSR count). The van der Waals surface area contributed by atoms with Crippen molar-refractivity contribution < 1.29 is 9.53 Å². The normalized spacial score (nSPS) is 18.9. The number of hydrogen-bond acceptors (Lipinski definition) is 3. The Bertz CT molecular complexity index is 229. The zero-order chi connectivity index (χ0) is 11.6. The summed E-state index contributed by atoms with van der Waals surface area (Å²) in [7, 11) is 1.68. The van der Waals surface area contributed by atoms with E-state index in [0.717, 1.165) is 25.9 Å². The quantitative estimate of drug-likeness (QED) is 0.473. The van der Waals surface area contributed by atoms with Gasteiger partial charge in [-0.25, -0.2) is 0 Å². The Morgan fingerprint density at radius 3 is 3.00 bits per heavy atom. The van der Waals surface area contributed by atoms with E-state index in [-0.39, 0.29) is 5.91 Å². The first-order valence-electron chi connectivity index (χ1n) is 5.96. The summed E-state index contributed by atoms with van der Waals surface area (Å²) in [6, 6.07) is 0. The fourth-order valence-electron chi connectivity index (χ4n) is 1.77. The van der Waals surface area contributed by atoms with E-state index in [4.69, 9.17) is 4.74 Å². The van der Waals surface area contributed by atoms with Gasteiger partial charge in [-0.1, -0.05) is 12.2 Å². The van der Waals surface area contributed by atoms with E-state index in [1.807, 2.05) is 0 Å². The molecule has 1 aliphatic rings. The van der Waals surface area contributed by atoms with Gasteiger partial charge in [0, 0.05) is 33.2 Å². The lowest BCUT2D eigenvalue weighted by molar-refractivity contribution is -0.121. The molecule has 0 aromatic heterocycles. The van der Waals surface area contributed by atoms with Crippen molar-refractivity contribution in [3.05, 3.63) is 12.2 Å². The molecule has 0 fully saturated rings. The van der Waals surface area contributed by atoms with Crippen LogP contribution < -0.4 is 10.6 Å². The molecule has 0 radical (unpaired) electrons. The van der Waals surface area contributed by atoms with Crippen molar-refractivity contribution in [2.75, 3.05) is 33.4 Å². The van der Waals surface area contributed by atoms with Crippen LogP contribution in [0.3, 0.4) is 0 Å². The number of carbonyl (C=O) groups excluding carboxylic acids is 1.